The molecule has 2 aromatic carbocycles. The van der Waals surface area contributed by atoms with Crippen molar-refractivity contribution in [3.63, 3.8) is 0 Å². The number of H-pyrrole nitrogens is 1. The number of aromatic amines is 1. The van der Waals surface area contributed by atoms with Crippen LogP contribution in [0.15, 0.2) is 42.5 Å². The Morgan fingerprint density at radius 3 is 2.58 bits per heavy atom. The van der Waals surface area contributed by atoms with Gasteiger partial charge in [0.25, 0.3) is 5.91 Å². The smallest absolute Gasteiger partial charge is 0.256 e. The van der Waals surface area contributed by atoms with Gasteiger partial charge in [0.15, 0.2) is 0 Å². The highest BCUT2D eigenvalue weighted by molar-refractivity contribution is 6.31. The summed E-state index contributed by atoms with van der Waals surface area (Å²) in [6, 6.07) is 10.9. The molecule has 0 atom stereocenters. The van der Waals surface area contributed by atoms with E-state index in [0.29, 0.717) is 24.0 Å². The normalized spacial score (nSPS) is 15.6. The van der Waals surface area contributed by atoms with Crippen LogP contribution in [-0.2, 0) is 0 Å². The molecule has 0 unspecified atom stereocenters. The van der Waals surface area contributed by atoms with Crippen LogP contribution in [0.5, 0.6) is 0 Å². The summed E-state index contributed by atoms with van der Waals surface area (Å²) < 4.78 is 26.9. The van der Waals surface area contributed by atoms with Gasteiger partial charge < -0.3 is 9.88 Å². The molecule has 26 heavy (non-hydrogen) atoms. The van der Waals surface area contributed by atoms with Crippen LogP contribution in [0.1, 0.15) is 34.8 Å². The van der Waals surface area contributed by atoms with Gasteiger partial charge in [0.1, 0.15) is 11.6 Å². The Bertz CT molecular complexity index is 977. The summed E-state index contributed by atoms with van der Waals surface area (Å²) in [6.07, 6.45) is 1.57. The van der Waals surface area contributed by atoms with Crippen LogP contribution in [0.3, 0.4) is 0 Å². The van der Waals surface area contributed by atoms with Gasteiger partial charge in [-0.15, -0.1) is 0 Å². The summed E-state index contributed by atoms with van der Waals surface area (Å²) in [4.78, 5) is 17.5. The van der Waals surface area contributed by atoms with Crippen molar-refractivity contribution in [3.05, 3.63) is 70.4 Å². The van der Waals surface area contributed by atoms with Crippen molar-refractivity contribution >= 4 is 28.4 Å². The van der Waals surface area contributed by atoms with Gasteiger partial charge in [-0.05, 0) is 49.2 Å². The zero-order valence-corrected chi connectivity index (χ0v) is 14.7. The molecule has 1 amide bonds. The number of nitrogens with one attached hydrogen (secondary N) is 1. The lowest BCUT2D eigenvalue weighted by molar-refractivity contribution is 0.0707. The molecule has 0 radical (unpaired) electrons. The van der Waals surface area contributed by atoms with E-state index >= 15 is 0 Å². The Hall–Kier alpha value is -2.40. The van der Waals surface area contributed by atoms with Crippen molar-refractivity contribution in [2.75, 3.05) is 13.1 Å². The number of amides is 1. The first kappa shape index (κ1) is 17.0. The summed E-state index contributed by atoms with van der Waals surface area (Å²) >= 11 is 6.04. The average Bonchev–Trinajstić information content (AvgIpc) is 3.04. The second-order valence-corrected chi connectivity index (χ2v) is 7.08. The van der Waals surface area contributed by atoms with Crippen molar-refractivity contribution in [2.45, 2.75) is 18.8 Å². The maximum atomic E-state index is 13.8. The van der Waals surface area contributed by atoms with Gasteiger partial charge in [-0.2, -0.15) is 0 Å². The third kappa shape index (κ3) is 3.19. The summed E-state index contributed by atoms with van der Waals surface area (Å²) in [7, 11) is 0. The minimum atomic E-state index is -0.815. The van der Waals surface area contributed by atoms with E-state index in [1.807, 2.05) is 18.2 Å². The maximum absolute atomic E-state index is 13.8. The summed E-state index contributed by atoms with van der Waals surface area (Å²) in [5.74, 6) is -1.58. The molecule has 4 rings (SSSR count). The summed E-state index contributed by atoms with van der Waals surface area (Å²) in [5.41, 5.74) is 2.09. The number of benzene rings is 2. The van der Waals surface area contributed by atoms with Gasteiger partial charge in [-0.1, -0.05) is 11.6 Å². The average molecular weight is 375 g/mol. The number of fused-ring (bicyclic) bond motifs is 1. The van der Waals surface area contributed by atoms with E-state index in [0.717, 1.165) is 41.6 Å². The zero-order chi connectivity index (χ0) is 18.3. The van der Waals surface area contributed by atoms with E-state index in [2.05, 4.69) is 11.1 Å². The number of carbonyl (C=O) groups is 1. The Balaban J connectivity index is 1.47. The number of hydrogen-bond acceptors (Lipinski definition) is 1. The lowest BCUT2D eigenvalue weighted by Crippen LogP contribution is -2.38. The SMILES string of the molecule is O=C(c1ccc(F)cc1F)N1CCC(c2cc3cc(Cl)ccc3[nH]2)CC1. The number of nitrogens with zero attached hydrogens (tertiary/aromatic N) is 1. The van der Waals surface area contributed by atoms with Gasteiger partial charge in [0.2, 0.25) is 0 Å². The lowest BCUT2D eigenvalue weighted by atomic mass is 9.93. The molecule has 2 heterocycles. The Morgan fingerprint density at radius 1 is 1.08 bits per heavy atom. The number of carbonyl (C=O) groups excluding carboxylic acids is 1. The fourth-order valence-electron chi connectivity index (χ4n) is 3.57. The molecule has 1 N–H and O–H groups in total. The predicted octanol–water partition coefficient (Wildman–Crippen LogP) is 5.12. The van der Waals surface area contributed by atoms with Crippen molar-refractivity contribution in [1.29, 1.82) is 0 Å². The van der Waals surface area contributed by atoms with Crippen LogP contribution < -0.4 is 0 Å². The molecule has 1 aliphatic heterocycles. The lowest BCUT2D eigenvalue weighted by Gasteiger charge is -2.31. The van der Waals surface area contributed by atoms with Gasteiger partial charge in [-0.25, -0.2) is 8.78 Å². The molecular weight excluding hydrogens is 358 g/mol. The largest absolute Gasteiger partial charge is 0.358 e. The van der Waals surface area contributed by atoms with E-state index in [4.69, 9.17) is 11.6 Å². The van der Waals surface area contributed by atoms with Crippen molar-refractivity contribution in [1.82, 2.24) is 9.88 Å². The van der Waals surface area contributed by atoms with Crippen molar-refractivity contribution < 1.29 is 13.6 Å². The topological polar surface area (TPSA) is 36.1 Å². The third-order valence-electron chi connectivity index (χ3n) is 4.99. The molecule has 1 saturated heterocycles. The highest BCUT2D eigenvalue weighted by Gasteiger charge is 2.27. The molecule has 0 spiro atoms. The molecule has 0 saturated carbocycles. The molecule has 1 aliphatic rings. The fraction of sp³-hybridized carbons (Fsp3) is 0.250. The molecule has 3 aromatic rings. The van der Waals surface area contributed by atoms with Crippen LogP contribution in [0.25, 0.3) is 10.9 Å². The Kier molecular flexibility index (Phi) is 4.41. The highest BCUT2D eigenvalue weighted by Crippen LogP contribution is 2.31. The monoisotopic (exact) mass is 374 g/mol. The standard InChI is InChI=1S/C20H17ClF2N2O/c21-14-1-4-18-13(9-14)10-19(24-18)12-5-7-25(8-6-12)20(26)16-3-2-15(22)11-17(16)23/h1-4,9-12,24H,5-8H2. The molecule has 0 aliphatic carbocycles. The van der Waals surface area contributed by atoms with Gasteiger partial charge in [0, 0.05) is 46.7 Å². The van der Waals surface area contributed by atoms with E-state index in [9.17, 15) is 13.6 Å². The van der Waals surface area contributed by atoms with Crippen molar-refractivity contribution in [3.8, 4) is 0 Å². The minimum Gasteiger partial charge on any atom is -0.358 e. The minimum absolute atomic E-state index is 0.0786. The Morgan fingerprint density at radius 2 is 1.85 bits per heavy atom. The maximum Gasteiger partial charge on any atom is 0.256 e. The zero-order valence-electron chi connectivity index (χ0n) is 13.9. The molecule has 6 heteroatoms. The van der Waals surface area contributed by atoms with Crippen LogP contribution in [0, 0.1) is 11.6 Å². The molecule has 1 fully saturated rings. The summed E-state index contributed by atoms with van der Waals surface area (Å²) in [5, 5.41) is 1.77. The fourth-order valence-corrected chi connectivity index (χ4v) is 3.75. The van der Waals surface area contributed by atoms with Crippen molar-refractivity contribution in [2.24, 2.45) is 0 Å². The summed E-state index contributed by atoms with van der Waals surface area (Å²) in [6.45, 7) is 1.08. The first-order valence-electron chi connectivity index (χ1n) is 8.54. The van der Waals surface area contributed by atoms with E-state index in [1.54, 1.807) is 4.90 Å². The predicted molar refractivity (Wildman–Crippen MR) is 97.5 cm³/mol. The van der Waals surface area contributed by atoms with Crippen LogP contribution >= 0.6 is 11.6 Å². The number of rotatable bonds is 2. The second-order valence-electron chi connectivity index (χ2n) is 6.65. The molecule has 1 aromatic heterocycles. The van der Waals surface area contributed by atoms with E-state index < -0.39 is 11.6 Å². The van der Waals surface area contributed by atoms with Gasteiger partial charge >= 0.3 is 0 Å². The number of piperidine rings is 1. The first-order valence-corrected chi connectivity index (χ1v) is 8.91. The molecule has 134 valence electrons. The van der Waals surface area contributed by atoms with Crippen LogP contribution in [-0.4, -0.2) is 28.9 Å². The first-order chi connectivity index (χ1) is 12.5. The van der Waals surface area contributed by atoms with Gasteiger partial charge in [-0.3, -0.25) is 4.79 Å². The van der Waals surface area contributed by atoms with Gasteiger partial charge in [0.05, 0.1) is 5.56 Å². The van der Waals surface area contributed by atoms with E-state index in [-0.39, 0.29) is 11.5 Å². The second kappa shape index (κ2) is 6.72. The van der Waals surface area contributed by atoms with Crippen LogP contribution in [0.4, 0.5) is 8.78 Å². The molecular formula is C20H17ClF2N2O. The number of likely N-dealkylation sites (tertiary alicyclic amines) is 1. The highest BCUT2D eigenvalue weighted by atomic mass is 35.5. The van der Waals surface area contributed by atoms with Crippen LogP contribution in [0.2, 0.25) is 5.02 Å². The molecule has 3 nitrogen and oxygen atoms in total. The number of halogens is 3. The van der Waals surface area contributed by atoms with E-state index in [1.165, 1.54) is 6.07 Å². The third-order valence-corrected chi connectivity index (χ3v) is 5.22. The quantitative estimate of drug-likeness (QED) is 0.664. The number of hydrogen-bond donors (Lipinski definition) is 1. The number of aromatic nitrogens is 1. The Labute approximate surface area is 154 Å². The molecule has 0 bridgehead atoms.